The molecule has 4 rings (SSSR count). The number of aromatic nitrogens is 1. The van der Waals surface area contributed by atoms with Crippen LogP contribution in [0.3, 0.4) is 0 Å². The van der Waals surface area contributed by atoms with Crippen molar-refractivity contribution >= 4 is 33.0 Å². The zero-order valence-corrected chi connectivity index (χ0v) is 19.8. The van der Waals surface area contributed by atoms with Crippen molar-refractivity contribution in [2.75, 3.05) is 22.5 Å². The quantitative estimate of drug-likeness (QED) is 0.500. The highest BCUT2D eigenvalue weighted by atomic mass is 32.2. The zero-order chi connectivity index (χ0) is 24.1. The molecule has 34 heavy (non-hydrogen) atoms. The number of carbonyl (C=O) groups excluding carboxylic acids is 2. The van der Waals surface area contributed by atoms with Gasteiger partial charge in [0.1, 0.15) is 0 Å². The van der Waals surface area contributed by atoms with Crippen LogP contribution in [-0.4, -0.2) is 37.5 Å². The lowest BCUT2D eigenvalue weighted by Crippen LogP contribution is -2.30. The third kappa shape index (κ3) is 5.88. The molecule has 176 valence electrons. The first kappa shape index (κ1) is 23.6. The fourth-order valence-corrected chi connectivity index (χ4v) is 5.40. The molecule has 0 unspecified atom stereocenters. The normalized spacial score (nSPS) is 13.3. The summed E-state index contributed by atoms with van der Waals surface area (Å²) in [6.07, 6.45) is 5.38. The van der Waals surface area contributed by atoms with E-state index in [-0.39, 0.29) is 29.9 Å². The van der Waals surface area contributed by atoms with Gasteiger partial charge >= 0.3 is 0 Å². The summed E-state index contributed by atoms with van der Waals surface area (Å²) in [5.41, 5.74) is 2.53. The van der Waals surface area contributed by atoms with E-state index < -0.39 is 9.84 Å². The third-order valence-corrected chi connectivity index (χ3v) is 7.63. The summed E-state index contributed by atoms with van der Waals surface area (Å²) in [4.78, 5) is 31.3. The summed E-state index contributed by atoms with van der Waals surface area (Å²) in [5.74, 6) is 0.115. The Bertz CT molecular complexity index is 1250. The molecule has 8 heteroatoms. The van der Waals surface area contributed by atoms with Crippen LogP contribution in [0.25, 0.3) is 0 Å². The second-order valence-corrected chi connectivity index (χ2v) is 10.5. The first-order valence-corrected chi connectivity index (χ1v) is 12.9. The van der Waals surface area contributed by atoms with Gasteiger partial charge in [0.2, 0.25) is 5.91 Å². The maximum Gasteiger partial charge on any atom is 0.258 e. The number of nitrogens with one attached hydrogen (secondary N) is 1. The topological polar surface area (TPSA) is 96.4 Å². The number of hydrogen-bond donors (Lipinski definition) is 1. The lowest BCUT2D eigenvalue weighted by Gasteiger charge is -2.20. The summed E-state index contributed by atoms with van der Waals surface area (Å²) in [7, 11) is -3.26. The molecule has 1 saturated carbocycles. The van der Waals surface area contributed by atoms with Gasteiger partial charge in [0.25, 0.3) is 5.91 Å². The average molecular weight is 478 g/mol. The van der Waals surface area contributed by atoms with E-state index in [9.17, 15) is 18.0 Å². The molecule has 7 nitrogen and oxygen atoms in total. The van der Waals surface area contributed by atoms with Gasteiger partial charge in [0.15, 0.2) is 9.84 Å². The molecule has 0 radical (unpaired) electrons. The number of rotatable bonds is 9. The number of benzene rings is 2. The molecular weight excluding hydrogens is 450 g/mol. The fourth-order valence-electron chi connectivity index (χ4n) is 3.71. The Balaban J connectivity index is 1.35. The predicted octanol–water partition coefficient (Wildman–Crippen LogP) is 4.11. The number of sulfone groups is 1. The highest BCUT2D eigenvalue weighted by Crippen LogP contribution is 2.32. The van der Waals surface area contributed by atoms with Gasteiger partial charge in [-0.3, -0.25) is 14.6 Å². The van der Waals surface area contributed by atoms with Crippen LogP contribution in [0.1, 0.15) is 35.7 Å². The van der Waals surface area contributed by atoms with E-state index in [0.717, 1.165) is 24.1 Å². The number of amides is 2. The van der Waals surface area contributed by atoms with E-state index in [2.05, 4.69) is 10.3 Å². The van der Waals surface area contributed by atoms with Crippen molar-refractivity contribution in [2.24, 2.45) is 5.92 Å². The summed E-state index contributed by atoms with van der Waals surface area (Å²) in [6, 6.07) is 16.9. The van der Waals surface area contributed by atoms with E-state index in [4.69, 9.17) is 0 Å². The molecule has 1 fully saturated rings. The Morgan fingerprint density at radius 1 is 1.03 bits per heavy atom. The number of pyridine rings is 1. The smallest absolute Gasteiger partial charge is 0.258 e. The Morgan fingerprint density at radius 2 is 1.74 bits per heavy atom. The lowest BCUT2D eigenvalue weighted by atomic mass is 10.1. The van der Waals surface area contributed by atoms with Gasteiger partial charge in [-0.15, -0.1) is 0 Å². The maximum absolute atomic E-state index is 12.9. The average Bonchev–Trinajstić information content (AvgIpc) is 3.64. The summed E-state index contributed by atoms with van der Waals surface area (Å²) in [6.45, 7) is 2.40. The molecule has 1 aliphatic carbocycles. The summed E-state index contributed by atoms with van der Waals surface area (Å²) >= 11 is 0. The van der Waals surface area contributed by atoms with Crippen LogP contribution >= 0.6 is 0 Å². The molecule has 0 saturated heterocycles. The van der Waals surface area contributed by atoms with Gasteiger partial charge in [0.05, 0.1) is 29.0 Å². The van der Waals surface area contributed by atoms with Crippen molar-refractivity contribution in [1.82, 2.24) is 4.98 Å². The fraction of sp³-hybridized carbons (Fsp3) is 0.269. The van der Waals surface area contributed by atoms with Crippen LogP contribution in [-0.2, 0) is 21.1 Å². The number of nitrogens with zero attached hydrogens (tertiary/aromatic N) is 2. The van der Waals surface area contributed by atoms with E-state index in [1.807, 2.05) is 13.0 Å². The van der Waals surface area contributed by atoms with Gasteiger partial charge in [-0.25, -0.2) is 8.42 Å². The van der Waals surface area contributed by atoms with Gasteiger partial charge in [-0.2, -0.15) is 0 Å². The van der Waals surface area contributed by atoms with Crippen molar-refractivity contribution in [2.45, 2.75) is 31.1 Å². The minimum Gasteiger partial charge on any atom is -0.326 e. The maximum atomic E-state index is 12.9. The molecule has 1 heterocycles. The van der Waals surface area contributed by atoms with Crippen LogP contribution in [0.2, 0.25) is 0 Å². The number of carbonyl (C=O) groups is 2. The van der Waals surface area contributed by atoms with E-state index >= 15 is 0 Å². The molecule has 0 aliphatic heterocycles. The second-order valence-electron chi connectivity index (χ2n) is 8.43. The molecule has 2 aromatic carbocycles. The number of anilines is 2. The van der Waals surface area contributed by atoms with Crippen LogP contribution < -0.4 is 10.2 Å². The standard InChI is InChI=1S/C26H27N3O4S/c1-2-29(23-4-3-15-27-17-23)26(31)21-9-11-22(12-10-21)28-25(30)16-19-7-13-24(14-8-19)34(32,33)18-20-5-6-20/h3-4,7-15,17,20H,2,5-6,16,18H2,1H3,(H,28,30). The monoisotopic (exact) mass is 477 g/mol. The Hall–Kier alpha value is -3.52. The minimum atomic E-state index is -3.26. The zero-order valence-electron chi connectivity index (χ0n) is 19.0. The molecule has 0 spiro atoms. The van der Waals surface area contributed by atoms with Crippen molar-refractivity contribution in [3.63, 3.8) is 0 Å². The molecule has 1 N–H and O–H groups in total. The second kappa shape index (κ2) is 10.2. The Kier molecular flexibility index (Phi) is 7.07. The molecule has 3 aromatic rings. The first-order chi connectivity index (χ1) is 16.4. The summed E-state index contributed by atoms with van der Waals surface area (Å²) < 4.78 is 24.7. The predicted molar refractivity (Wildman–Crippen MR) is 132 cm³/mol. The van der Waals surface area contributed by atoms with Gasteiger partial charge in [0, 0.05) is 24.0 Å². The van der Waals surface area contributed by atoms with Gasteiger partial charge in [-0.1, -0.05) is 12.1 Å². The summed E-state index contributed by atoms with van der Waals surface area (Å²) in [5, 5.41) is 2.82. The number of hydrogen-bond acceptors (Lipinski definition) is 5. The van der Waals surface area contributed by atoms with Gasteiger partial charge < -0.3 is 10.2 Å². The van der Waals surface area contributed by atoms with E-state index in [0.29, 0.717) is 22.7 Å². The molecule has 0 bridgehead atoms. The Labute approximate surface area is 199 Å². The van der Waals surface area contributed by atoms with Crippen LogP contribution in [0.4, 0.5) is 11.4 Å². The van der Waals surface area contributed by atoms with Crippen LogP contribution in [0.5, 0.6) is 0 Å². The van der Waals surface area contributed by atoms with Gasteiger partial charge in [-0.05, 0) is 79.8 Å². The third-order valence-electron chi connectivity index (χ3n) is 5.73. The molecule has 0 atom stereocenters. The van der Waals surface area contributed by atoms with Crippen molar-refractivity contribution < 1.29 is 18.0 Å². The van der Waals surface area contributed by atoms with Crippen molar-refractivity contribution in [1.29, 1.82) is 0 Å². The van der Waals surface area contributed by atoms with Crippen LogP contribution in [0.15, 0.2) is 78.0 Å². The molecule has 1 aliphatic rings. The van der Waals surface area contributed by atoms with E-state index in [1.54, 1.807) is 71.9 Å². The van der Waals surface area contributed by atoms with Crippen molar-refractivity contribution in [3.05, 3.63) is 84.2 Å². The molecule has 2 amide bonds. The Morgan fingerprint density at radius 3 is 2.32 bits per heavy atom. The van der Waals surface area contributed by atoms with E-state index in [1.165, 1.54) is 0 Å². The SMILES string of the molecule is CCN(C(=O)c1ccc(NC(=O)Cc2ccc(S(=O)(=O)CC3CC3)cc2)cc1)c1cccnc1. The largest absolute Gasteiger partial charge is 0.326 e. The first-order valence-electron chi connectivity index (χ1n) is 11.3. The highest BCUT2D eigenvalue weighted by molar-refractivity contribution is 7.91. The van der Waals surface area contributed by atoms with Crippen LogP contribution in [0, 0.1) is 5.92 Å². The lowest BCUT2D eigenvalue weighted by molar-refractivity contribution is -0.115. The molecular formula is C26H27N3O4S. The van der Waals surface area contributed by atoms with Crippen molar-refractivity contribution in [3.8, 4) is 0 Å². The molecule has 1 aromatic heterocycles. The highest BCUT2D eigenvalue weighted by Gasteiger charge is 2.29. The minimum absolute atomic E-state index is 0.119.